The highest BCUT2D eigenvalue weighted by atomic mass is 16.5. The summed E-state index contributed by atoms with van der Waals surface area (Å²) >= 11 is 0. The first-order chi connectivity index (χ1) is 8.72. The summed E-state index contributed by atoms with van der Waals surface area (Å²) in [6.45, 7) is 7.47. The van der Waals surface area contributed by atoms with Crippen LogP contribution in [0.3, 0.4) is 0 Å². The molecule has 0 atom stereocenters. The van der Waals surface area contributed by atoms with Gasteiger partial charge in [-0.2, -0.15) is 0 Å². The van der Waals surface area contributed by atoms with Gasteiger partial charge in [0.15, 0.2) is 0 Å². The van der Waals surface area contributed by atoms with E-state index >= 15 is 0 Å². The van der Waals surface area contributed by atoms with Crippen LogP contribution in [0.4, 0.5) is 0 Å². The first-order valence-corrected chi connectivity index (χ1v) is 6.14. The molecule has 0 unspecified atom stereocenters. The van der Waals surface area contributed by atoms with E-state index in [9.17, 15) is 0 Å². The SMILES string of the molecule is C=C(C)CCOCc1c(CN)oc2ccccc12. The van der Waals surface area contributed by atoms with Crippen LogP contribution in [0, 0.1) is 0 Å². The number of furan rings is 1. The Labute approximate surface area is 107 Å². The summed E-state index contributed by atoms with van der Waals surface area (Å²) in [6, 6.07) is 7.94. The molecule has 0 saturated carbocycles. The Balaban J connectivity index is 2.13. The number of hydrogen-bond acceptors (Lipinski definition) is 3. The molecule has 3 heteroatoms. The molecule has 0 radical (unpaired) electrons. The molecule has 1 heterocycles. The smallest absolute Gasteiger partial charge is 0.134 e. The molecule has 0 fully saturated rings. The first kappa shape index (κ1) is 12.9. The Morgan fingerprint density at radius 1 is 1.39 bits per heavy atom. The zero-order valence-corrected chi connectivity index (χ0v) is 10.7. The van der Waals surface area contributed by atoms with E-state index in [1.54, 1.807) is 0 Å². The van der Waals surface area contributed by atoms with E-state index in [1.807, 2.05) is 31.2 Å². The highest BCUT2D eigenvalue weighted by Gasteiger charge is 2.12. The van der Waals surface area contributed by atoms with Gasteiger partial charge in [0.2, 0.25) is 0 Å². The van der Waals surface area contributed by atoms with E-state index in [1.165, 1.54) is 0 Å². The van der Waals surface area contributed by atoms with Crippen molar-refractivity contribution in [2.24, 2.45) is 5.73 Å². The highest BCUT2D eigenvalue weighted by molar-refractivity contribution is 5.82. The summed E-state index contributed by atoms with van der Waals surface area (Å²) in [5.41, 5.74) is 8.77. The van der Waals surface area contributed by atoms with Crippen LogP contribution >= 0.6 is 0 Å². The highest BCUT2D eigenvalue weighted by Crippen LogP contribution is 2.26. The molecule has 2 aromatic rings. The molecule has 2 rings (SSSR count). The number of benzene rings is 1. The van der Waals surface area contributed by atoms with Gasteiger partial charge in [0.25, 0.3) is 0 Å². The summed E-state index contributed by atoms with van der Waals surface area (Å²) in [4.78, 5) is 0. The molecule has 0 saturated heterocycles. The normalized spacial score (nSPS) is 11.0. The molecule has 1 aromatic heterocycles. The van der Waals surface area contributed by atoms with Gasteiger partial charge in [-0.25, -0.2) is 0 Å². The Morgan fingerprint density at radius 2 is 2.17 bits per heavy atom. The van der Waals surface area contributed by atoms with E-state index in [0.29, 0.717) is 19.8 Å². The summed E-state index contributed by atoms with van der Waals surface area (Å²) in [6.07, 6.45) is 0.883. The van der Waals surface area contributed by atoms with Gasteiger partial charge < -0.3 is 14.9 Å². The lowest BCUT2D eigenvalue weighted by molar-refractivity contribution is 0.123. The molecule has 1 aromatic carbocycles. The Morgan fingerprint density at radius 3 is 2.89 bits per heavy atom. The topological polar surface area (TPSA) is 48.4 Å². The largest absolute Gasteiger partial charge is 0.459 e. The van der Waals surface area contributed by atoms with Gasteiger partial charge in [0.05, 0.1) is 19.8 Å². The van der Waals surface area contributed by atoms with Gasteiger partial charge in [0, 0.05) is 10.9 Å². The van der Waals surface area contributed by atoms with Crippen LogP contribution in [-0.2, 0) is 17.9 Å². The quantitative estimate of drug-likeness (QED) is 0.627. The molecule has 0 amide bonds. The maximum atomic E-state index is 5.70. The van der Waals surface area contributed by atoms with Crippen molar-refractivity contribution in [1.82, 2.24) is 0 Å². The van der Waals surface area contributed by atoms with E-state index < -0.39 is 0 Å². The van der Waals surface area contributed by atoms with Crippen LogP contribution < -0.4 is 5.73 Å². The average Bonchev–Trinajstić information content (AvgIpc) is 2.72. The summed E-state index contributed by atoms with van der Waals surface area (Å²) in [5.74, 6) is 0.812. The Bertz CT molecular complexity index is 542. The van der Waals surface area contributed by atoms with Gasteiger partial charge >= 0.3 is 0 Å². The lowest BCUT2D eigenvalue weighted by Gasteiger charge is -2.04. The van der Waals surface area contributed by atoms with Crippen molar-refractivity contribution >= 4 is 11.0 Å². The second-order valence-electron chi connectivity index (χ2n) is 4.46. The van der Waals surface area contributed by atoms with Crippen molar-refractivity contribution in [2.45, 2.75) is 26.5 Å². The van der Waals surface area contributed by atoms with E-state index in [4.69, 9.17) is 14.9 Å². The minimum atomic E-state index is 0.397. The molecule has 0 spiro atoms. The Hall–Kier alpha value is -1.58. The van der Waals surface area contributed by atoms with Gasteiger partial charge in [0.1, 0.15) is 11.3 Å². The van der Waals surface area contributed by atoms with Crippen LogP contribution in [0.2, 0.25) is 0 Å². The summed E-state index contributed by atoms with van der Waals surface area (Å²) in [7, 11) is 0. The fourth-order valence-corrected chi connectivity index (χ4v) is 1.89. The van der Waals surface area contributed by atoms with Crippen LogP contribution in [0.5, 0.6) is 0 Å². The van der Waals surface area contributed by atoms with Crippen molar-refractivity contribution in [3.8, 4) is 0 Å². The lowest BCUT2D eigenvalue weighted by Crippen LogP contribution is -2.01. The number of para-hydroxylation sites is 1. The fraction of sp³-hybridized carbons (Fsp3) is 0.333. The minimum Gasteiger partial charge on any atom is -0.459 e. The molecule has 3 nitrogen and oxygen atoms in total. The fourth-order valence-electron chi connectivity index (χ4n) is 1.89. The first-order valence-electron chi connectivity index (χ1n) is 6.14. The third kappa shape index (κ3) is 2.81. The monoisotopic (exact) mass is 245 g/mol. The van der Waals surface area contributed by atoms with Crippen molar-refractivity contribution in [2.75, 3.05) is 6.61 Å². The molecule has 96 valence electrons. The Kier molecular flexibility index (Phi) is 4.18. The molecular weight excluding hydrogens is 226 g/mol. The standard InChI is InChI=1S/C15H19NO2/c1-11(2)7-8-17-10-13-12-5-3-4-6-14(12)18-15(13)9-16/h3-6H,1,7-10,16H2,2H3. The molecular formula is C15H19NO2. The molecule has 0 aliphatic heterocycles. The second kappa shape index (κ2) is 5.85. The van der Waals surface area contributed by atoms with Crippen molar-refractivity contribution < 1.29 is 9.15 Å². The van der Waals surface area contributed by atoms with Crippen LogP contribution in [0.15, 0.2) is 40.8 Å². The number of fused-ring (bicyclic) bond motifs is 1. The average molecular weight is 245 g/mol. The second-order valence-corrected chi connectivity index (χ2v) is 4.46. The molecule has 2 N–H and O–H groups in total. The molecule has 0 bridgehead atoms. The minimum absolute atomic E-state index is 0.397. The molecule has 0 aliphatic rings. The van der Waals surface area contributed by atoms with E-state index in [-0.39, 0.29) is 0 Å². The van der Waals surface area contributed by atoms with Crippen LogP contribution in [0.1, 0.15) is 24.7 Å². The number of rotatable bonds is 6. The van der Waals surface area contributed by atoms with Crippen LogP contribution in [-0.4, -0.2) is 6.61 Å². The zero-order chi connectivity index (χ0) is 13.0. The van der Waals surface area contributed by atoms with Gasteiger partial charge in [-0.3, -0.25) is 0 Å². The van der Waals surface area contributed by atoms with Gasteiger partial charge in [-0.1, -0.05) is 23.8 Å². The van der Waals surface area contributed by atoms with Gasteiger partial charge in [-0.15, -0.1) is 6.58 Å². The number of nitrogens with two attached hydrogens (primary N) is 1. The zero-order valence-electron chi connectivity index (χ0n) is 10.7. The van der Waals surface area contributed by atoms with E-state index in [0.717, 1.165) is 34.3 Å². The predicted molar refractivity (Wildman–Crippen MR) is 73.2 cm³/mol. The van der Waals surface area contributed by atoms with Crippen molar-refractivity contribution in [3.63, 3.8) is 0 Å². The predicted octanol–water partition coefficient (Wildman–Crippen LogP) is 3.37. The maximum absolute atomic E-state index is 5.70. The molecule has 0 aliphatic carbocycles. The summed E-state index contributed by atoms with van der Waals surface area (Å²) < 4.78 is 11.4. The van der Waals surface area contributed by atoms with Crippen molar-refractivity contribution in [1.29, 1.82) is 0 Å². The number of ether oxygens (including phenoxy) is 1. The van der Waals surface area contributed by atoms with Crippen LogP contribution in [0.25, 0.3) is 11.0 Å². The maximum Gasteiger partial charge on any atom is 0.134 e. The van der Waals surface area contributed by atoms with Crippen molar-refractivity contribution in [3.05, 3.63) is 47.7 Å². The van der Waals surface area contributed by atoms with Gasteiger partial charge in [-0.05, 0) is 19.4 Å². The third-order valence-electron chi connectivity index (χ3n) is 2.89. The van der Waals surface area contributed by atoms with E-state index in [2.05, 4.69) is 6.58 Å². The summed E-state index contributed by atoms with van der Waals surface area (Å²) in [5, 5.41) is 1.09. The molecule has 18 heavy (non-hydrogen) atoms. The third-order valence-corrected chi connectivity index (χ3v) is 2.89. The lowest BCUT2D eigenvalue weighted by atomic mass is 10.1. The number of hydrogen-bond donors (Lipinski definition) is 1.